The average Bonchev–Trinajstić information content (AvgIpc) is 2.73. The van der Waals surface area contributed by atoms with E-state index < -0.39 is 0 Å². The van der Waals surface area contributed by atoms with E-state index in [1.807, 2.05) is 0 Å². The number of hydrogen-bond acceptors (Lipinski definition) is 1. The summed E-state index contributed by atoms with van der Waals surface area (Å²) in [5, 5.41) is 9.18. The minimum absolute atomic E-state index is 0.220. The Hall–Kier alpha value is -1.60. The van der Waals surface area contributed by atoms with E-state index in [4.69, 9.17) is 0 Å². The summed E-state index contributed by atoms with van der Waals surface area (Å²) in [6, 6.07) is 16.0. The van der Waals surface area contributed by atoms with Crippen LogP contribution >= 0.6 is 0 Å². The van der Waals surface area contributed by atoms with E-state index >= 15 is 0 Å². The highest BCUT2D eigenvalue weighted by Gasteiger charge is 2.22. The molecular formula is C26H36O. The Bertz CT molecular complexity index is 693. The number of hydrogen-bond donors (Lipinski definition) is 1. The van der Waals surface area contributed by atoms with Crippen molar-refractivity contribution in [2.75, 3.05) is 6.61 Å². The maximum absolute atomic E-state index is 9.18. The summed E-state index contributed by atoms with van der Waals surface area (Å²) in [6.07, 6.45) is 11.5. The second-order valence-corrected chi connectivity index (χ2v) is 8.30. The molecule has 0 saturated heterocycles. The van der Waals surface area contributed by atoms with Crippen LogP contribution in [0.5, 0.6) is 0 Å². The van der Waals surface area contributed by atoms with Gasteiger partial charge in [-0.3, -0.25) is 0 Å². The third kappa shape index (κ3) is 5.23. The Morgan fingerprint density at radius 1 is 0.926 bits per heavy atom. The van der Waals surface area contributed by atoms with Crippen LogP contribution < -0.4 is 0 Å². The Balaban J connectivity index is 1.67. The lowest BCUT2D eigenvalue weighted by Crippen LogP contribution is -2.13. The van der Waals surface area contributed by atoms with E-state index in [0.29, 0.717) is 0 Å². The molecule has 1 N–H and O–H groups in total. The van der Waals surface area contributed by atoms with Crippen LogP contribution in [0.25, 0.3) is 11.1 Å². The number of benzene rings is 2. The van der Waals surface area contributed by atoms with Gasteiger partial charge in [0.05, 0.1) is 0 Å². The van der Waals surface area contributed by atoms with E-state index in [2.05, 4.69) is 56.3 Å². The lowest BCUT2D eigenvalue weighted by molar-refractivity contribution is 0.299. The van der Waals surface area contributed by atoms with Crippen molar-refractivity contribution in [3.8, 4) is 11.1 Å². The SMILES string of the molecule is CCCCC1CCC(c2ccc(-c3ccc(CCO)cc3CC)cc2)CC1. The molecule has 1 aliphatic rings. The van der Waals surface area contributed by atoms with Gasteiger partial charge in [-0.2, -0.15) is 0 Å². The molecule has 1 saturated carbocycles. The van der Waals surface area contributed by atoms with E-state index in [1.165, 1.54) is 72.8 Å². The van der Waals surface area contributed by atoms with Gasteiger partial charge in [-0.1, -0.05) is 75.6 Å². The third-order valence-electron chi connectivity index (χ3n) is 6.46. The van der Waals surface area contributed by atoms with E-state index in [9.17, 15) is 5.11 Å². The summed E-state index contributed by atoms with van der Waals surface area (Å²) in [5.74, 6) is 1.74. The molecule has 0 bridgehead atoms. The summed E-state index contributed by atoms with van der Waals surface area (Å²) >= 11 is 0. The maximum Gasteiger partial charge on any atom is 0.0471 e. The molecule has 2 aromatic rings. The molecule has 0 radical (unpaired) electrons. The van der Waals surface area contributed by atoms with Gasteiger partial charge in [0, 0.05) is 6.61 Å². The van der Waals surface area contributed by atoms with Gasteiger partial charge < -0.3 is 5.11 Å². The minimum atomic E-state index is 0.220. The van der Waals surface area contributed by atoms with E-state index in [-0.39, 0.29) is 6.61 Å². The normalized spacial score (nSPS) is 20.0. The van der Waals surface area contributed by atoms with Crippen LogP contribution in [0, 0.1) is 5.92 Å². The van der Waals surface area contributed by atoms with E-state index in [1.54, 1.807) is 0 Å². The maximum atomic E-state index is 9.18. The number of aliphatic hydroxyl groups is 1. The molecule has 1 nitrogen and oxygen atoms in total. The first kappa shape index (κ1) is 20.1. The fraction of sp³-hybridized carbons (Fsp3) is 0.538. The van der Waals surface area contributed by atoms with Crippen LogP contribution in [0.3, 0.4) is 0 Å². The Morgan fingerprint density at radius 2 is 1.67 bits per heavy atom. The van der Waals surface area contributed by atoms with Gasteiger partial charge >= 0.3 is 0 Å². The summed E-state index contributed by atoms with van der Waals surface area (Å²) in [6.45, 7) is 4.74. The second kappa shape index (κ2) is 10.1. The lowest BCUT2D eigenvalue weighted by Gasteiger charge is -2.29. The summed E-state index contributed by atoms with van der Waals surface area (Å²) < 4.78 is 0. The fourth-order valence-electron chi connectivity index (χ4n) is 4.72. The minimum Gasteiger partial charge on any atom is -0.396 e. The summed E-state index contributed by atoms with van der Waals surface area (Å²) in [7, 11) is 0. The highest BCUT2D eigenvalue weighted by Crippen LogP contribution is 2.38. The molecule has 0 unspecified atom stereocenters. The zero-order valence-corrected chi connectivity index (χ0v) is 17.2. The van der Waals surface area contributed by atoms with Crippen LogP contribution in [0.15, 0.2) is 42.5 Å². The average molecular weight is 365 g/mol. The monoisotopic (exact) mass is 364 g/mol. The molecular weight excluding hydrogens is 328 g/mol. The third-order valence-corrected chi connectivity index (χ3v) is 6.46. The first-order chi connectivity index (χ1) is 13.2. The van der Waals surface area contributed by atoms with Crippen molar-refractivity contribution in [1.82, 2.24) is 0 Å². The molecule has 1 heteroatoms. The largest absolute Gasteiger partial charge is 0.396 e. The molecule has 1 aliphatic carbocycles. The van der Waals surface area contributed by atoms with Gasteiger partial charge in [0.25, 0.3) is 0 Å². The van der Waals surface area contributed by atoms with Crippen molar-refractivity contribution < 1.29 is 5.11 Å². The highest BCUT2D eigenvalue weighted by molar-refractivity contribution is 5.68. The van der Waals surface area contributed by atoms with Crippen molar-refractivity contribution in [1.29, 1.82) is 0 Å². The fourth-order valence-corrected chi connectivity index (χ4v) is 4.72. The predicted octanol–water partition coefficient (Wildman–Crippen LogP) is 6.91. The van der Waals surface area contributed by atoms with Crippen molar-refractivity contribution in [3.05, 3.63) is 59.2 Å². The Morgan fingerprint density at radius 3 is 2.30 bits per heavy atom. The van der Waals surface area contributed by atoms with E-state index in [0.717, 1.165) is 24.7 Å². The Kier molecular flexibility index (Phi) is 7.52. The molecule has 2 aromatic carbocycles. The van der Waals surface area contributed by atoms with Gasteiger partial charge in [-0.15, -0.1) is 0 Å². The molecule has 0 aromatic heterocycles. The molecule has 0 aliphatic heterocycles. The molecule has 0 amide bonds. The quantitative estimate of drug-likeness (QED) is 0.539. The van der Waals surface area contributed by atoms with Gasteiger partial charge in [-0.05, 0) is 78.2 Å². The lowest BCUT2D eigenvalue weighted by atomic mass is 9.77. The Labute approximate surface area is 165 Å². The van der Waals surface area contributed by atoms with Crippen LogP contribution in [-0.4, -0.2) is 11.7 Å². The summed E-state index contributed by atoms with van der Waals surface area (Å²) in [5.41, 5.74) is 6.80. The molecule has 3 rings (SSSR count). The van der Waals surface area contributed by atoms with Crippen LogP contribution in [0.2, 0.25) is 0 Å². The highest BCUT2D eigenvalue weighted by atomic mass is 16.2. The molecule has 0 heterocycles. The van der Waals surface area contributed by atoms with Crippen molar-refractivity contribution >= 4 is 0 Å². The number of aryl methyl sites for hydroxylation is 1. The van der Waals surface area contributed by atoms with Crippen LogP contribution in [0.1, 0.15) is 81.4 Å². The van der Waals surface area contributed by atoms with Crippen molar-refractivity contribution in [2.24, 2.45) is 5.92 Å². The number of rotatable bonds is 8. The number of unbranched alkanes of at least 4 members (excludes halogenated alkanes) is 1. The van der Waals surface area contributed by atoms with Gasteiger partial charge in [0.1, 0.15) is 0 Å². The second-order valence-electron chi connectivity index (χ2n) is 8.30. The molecule has 1 fully saturated rings. The standard InChI is InChI=1S/C26H36O/c1-3-5-6-20-7-10-23(11-8-20)24-12-14-25(15-13-24)26-16-9-21(17-18-27)19-22(26)4-2/h9,12-16,19-20,23,27H,3-8,10-11,17-18H2,1-2H3. The number of aliphatic hydroxyl groups excluding tert-OH is 1. The van der Waals surface area contributed by atoms with Gasteiger partial charge in [0.15, 0.2) is 0 Å². The first-order valence-corrected chi connectivity index (χ1v) is 11.1. The topological polar surface area (TPSA) is 20.2 Å². The molecule has 0 atom stereocenters. The zero-order valence-electron chi connectivity index (χ0n) is 17.2. The molecule has 27 heavy (non-hydrogen) atoms. The first-order valence-electron chi connectivity index (χ1n) is 11.1. The van der Waals surface area contributed by atoms with Crippen molar-refractivity contribution in [2.45, 2.75) is 77.6 Å². The van der Waals surface area contributed by atoms with Gasteiger partial charge in [0.2, 0.25) is 0 Å². The molecule has 146 valence electrons. The predicted molar refractivity (Wildman–Crippen MR) is 116 cm³/mol. The van der Waals surface area contributed by atoms with Crippen molar-refractivity contribution in [3.63, 3.8) is 0 Å². The van der Waals surface area contributed by atoms with Crippen LogP contribution in [-0.2, 0) is 12.8 Å². The smallest absolute Gasteiger partial charge is 0.0471 e. The van der Waals surface area contributed by atoms with Crippen LogP contribution in [0.4, 0.5) is 0 Å². The van der Waals surface area contributed by atoms with Gasteiger partial charge in [-0.25, -0.2) is 0 Å². The molecule has 0 spiro atoms. The zero-order chi connectivity index (χ0) is 19.1. The summed E-state index contributed by atoms with van der Waals surface area (Å²) in [4.78, 5) is 0.